The topological polar surface area (TPSA) is 38.9 Å². The Kier molecular flexibility index (Phi) is 4.37. The maximum Gasteiger partial charge on any atom is 0.134 e. The Morgan fingerprint density at radius 1 is 1.44 bits per heavy atom. The van der Waals surface area contributed by atoms with Crippen molar-refractivity contribution in [3.8, 4) is 10.6 Å². The number of nitrogens with two attached hydrogens (primary N) is 1. The van der Waals surface area contributed by atoms with Crippen LogP contribution < -0.4 is 5.73 Å². The van der Waals surface area contributed by atoms with Crippen LogP contribution >= 0.6 is 23.1 Å². The fourth-order valence-corrected chi connectivity index (χ4v) is 3.58. The van der Waals surface area contributed by atoms with E-state index < -0.39 is 0 Å². The summed E-state index contributed by atoms with van der Waals surface area (Å²) in [6.07, 6.45) is 2.77. The van der Waals surface area contributed by atoms with Gasteiger partial charge in [0.1, 0.15) is 10.8 Å². The first-order valence-corrected chi connectivity index (χ1v) is 7.76. The first-order chi connectivity index (χ1) is 8.71. The van der Waals surface area contributed by atoms with Crippen molar-refractivity contribution in [3.63, 3.8) is 0 Å². The third-order valence-corrected chi connectivity index (χ3v) is 4.63. The summed E-state index contributed by atoms with van der Waals surface area (Å²) in [7, 11) is 0. The molecular formula is C13H15FN2S2. The maximum absolute atomic E-state index is 14.0. The fourth-order valence-electron chi connectivity index (χ4n) is 1.81. The summed E-state index contributed by atoms with van der Waals surface area (Å²) in [5, 5.41) is 0.731. The number of halogens is 1. The van der Waals surface area contributed by atoms with E-state index >= 15 is 0 Å². The lowest BCUT2D eigenvalue weighted by Crippen LogP contribution is -1.96. The summed E-state index contributed by atoms with van der Waals surface area (Å²) in [5.41, 5.74) is 7.28. The Morgan fingerprint density at radius 3 is 2.78 bits per heavy atom. The van der Waals surface area contributed by atoms with Crippen LogP contribution in [0.1, 0.15) is 17.5 Å². The second-order valence-corrected chi connectivity index (χ2v) is 5.70. The van der Waals surface area contributed by atoms with Crippen LogP contribution in [0.4, 0.5) is 4.39 Å². The average Bonchev–Trinajstić information content (AvgIpc) is 2.81. The molecule has 0 atom stereocenters. The van der Waals surface area contributed by atoms with Gasteiger partial charge in [0.05, 0.1) is 11.3 Å². The molecule has 2 aromatic rings. The molecule has 0 saturated carbocycles. The van der Waals surface area contributed by atoms with Crippen molar-refractivity contribution in [2.24, 2.45) is 5.73 Å². The zero-order valence-corrected chi connectivity index (χ0v) is 12.0. The molecule has 0 saturated heterocycles. The van der Waals surface area contributed by atoms with Gasteiger partial charge in [-0.2, -0.15) is 0 Å². The van der Waals surface area contributed by atoms with Gasteiger partial charge in [0, 0.05) is 16.3 Å². The van der Waals surface area contributed by atoms with Gasteiger partial charge >= 0.3 is 0 Å². The molecule has 0 unspecified atom stereocenters. The van der Waals surface area contributed by atoms with Crippen LogP contribution in [0, 0.1) is 5.82 Å². The van der Waals surface area contributed by atoms with Crippen molar-refractivity contribution in [1.29, 1.82) is 0 Å². The summed E-state index contributed by atoms with van der Waals surface area (Å²) in [5.74, 6) is -0.221. The molecule has 0 aliphatic rings. The van der Waals surface area contributed by atoms with Crippen LogP contribution in [0.5, 0.6) is 0 Å². The molecule has 1 aromatic heterocycles. The Hall–Kier alpha value is -0.910. The Bertz CT molecular complexity index is 530. The quantitative estimate of drug-likeness (QED) is 0.869. The van der Waals surface area contributed by atoms with Crippen LogP contribution in [0.3, 0.4) is 0 Å². The van der Waals surface area contributed by atoms with E-state index in [2.05, 4.69) is 4.98 Å². The molecule has 0 aliphatic carbocycles. The number of hydrogen-bond acceptors (Lipinski definition) is 4. The molecule has 0 aliphatic heterocycles. The largest absolute Gasteiger partial charge is 0.326 e. The Morgan fingerprint density at radius 2 is 2.22 bits per heavy atom. The van der Waals surface area contributed by atoms with Gasteiger partial charge in [-0.05, 0) is 24.8 Å². The van der Waals surface area contributed by atoms with Gasteiger partial charge in [-0.15, -0.1) is 23.1 Å². The van der Waals surface area contributed by atoms with E-state index in [-0.39, 0.29) is 5.82 Å². The second-order valence-electron chi connectivity index (χ2n) is 3.76. The lowest BCUT2D eigenvalue weighted by atomic mass is 10.2. The molecule has 0 bridgehead atoms. The molecule has 2 nitrogen and oxygen atoms in total. The normalized spacial score (nSPS) is 10.9. The van der Waals surface area contributed by atoms with Crippen LogP contribution in [0.15, 0.2) is 23.1 Å². The number of rotatable bonds is 4. The highest BCUT2D eigenvalue weighted by molar-refractivity contribution is 7.98. The first kappa shape index (κ1) is 13.5. The van der Waals surface area contributed by atoms with Crippen LogP contribution in [-0.4, -0.2) is 11.2 Å². The van der Waals surface area contributed by atoms with E-state index in [9.17, 15) is 4.39 Å². The fraction of sp³-hybridized carbons (Fsp3) is 0.308. The van der Waals surface area contributed by atoms with Crippen LogP contribution in [0.2, 0.25) is 0 Å². The highest BCUT2D eigenvalue weighted by atomic mass is 32.2. The van der Waals surface area contributed by atoms with E-state index in [4.69, 9.17) is 5.73 Å². The standard InChI is InChI=1S/C13H15FN2S2/c1-3-9-11(7-15)18-13(16-9)12-8(14)5-4-6-10(12)17-2/h4-6H,3,7,15H2,1-2H3. The molecule has 0 spiro atoms. The number of aryl methyl sites for hydroxylation is 1. The van der Waals surface area contributed by atoms with Crippen molar-refractivity contribution >= 4 is 23.1 Å². The molecule has 96 valence electrons. The van der Waals surface area contributed by atoms with Gasteiger partial charge in [-0.1, -0.05) is 13.0 Å². The van der Waals surface area contributed by atoms with Crippen molar-refractivity contribution < 1.29 is 4.39 Å². The van der Waals surface area contributed by atoms with Crippen molar-refractivity contribution in [2.45, 2.75) is 24.8 Å². The highest BCUT2D eigenvalue weighted by Crippen LogP contribution is 2.36. The third-order valence-electron chi connectivity index (χ3n) is 2.71. The summed E-state index contributed by atoms with van der Waals surface area (Å²) >= 11 is 3.02. The number of hydrogen-bond donors (Lipinski definition) is 1. The minimum absolute atomic E-state index is 0.221. The smallest absolute Gasteiger partial charge is 0.134 e. The molecule has 1 aromatic carbocycles. The van der Waals surface area contributed by atoms with E-state index in [1.54, 1.807) is 6.07 Å². The predicted molar refractivity (Wildman–Crippen MR) is 76.6 cm³/mol. The molecule has 18 heavy (non-hydrogen) atoms. The highest BCUT2D eigenvalue weighted by Gasteiger charge is 2.16. The molecule has 0 fully saturated rings. The summed E-state index contributed by atoms with van der Waals surface area (Å²) in [4.78, 5) is 6.48. The van der Waals surface area contributed by atoms with Gasteiger partial charge in [0.2, 0.25) is 0 Å². The van der Waals surface area contributed by atoms with Gasteiger partial charge in [0.15, 0.2) is 0 Å². The number of thioether (sulfide) groups is 1. The van der Waals surface area contributed by atoms with E-state index in [1.807, 2.05) is 19.2 Å². The monoisotopic (exact) mass is 282 g/mol. The molecule has 0 amide bonds. The van der Waals surface area contributed by atoms with Crippen molar-refractivity contribution in [2.75, 3.05) is 6.26 Å². The van der Waals surface area contributed by atoms with E-state index in [1.165, 1.54) is 29.2 Å². The molecule has 1 heterocycles. The van der Waals surface area contributed by atoms with Crippen LogP contribution in [0.25, 0.3) is 10.6 Å². The van der Waals surface area contributed by atoms with Crippen molar-refractivity contribution in [3.05, 3.63) is 34.6 Å². The summed E-state index contributed by atoms with van der Waals surface area (Å²) in [6.45, 7) is 2.50. The van der Waals surface area contributed by atoms with Gasteiger partial charge in [0.25, 0.3) is 0 Å². The minimum atomic E-state index is -0.221. The zero-order valence-electron chi connectivity index (χ0n) is 10.4. The molecule has 5 heteroatoms. The van der Waals surface area contributed by atoms with E-state index in [0.29, 0.717) is 12.1 Å². The van der Waals surface area contributed by atoms with Gasteiger partial charge < -0.3 is 5.73 Å². The number of thiazole rings is 1. The second kappa shape index (κ2) is 5.82. The average molecular weight is 282 g/mol. The molecular weight excluding hydrogens is 267 g/mol. The Labute approximate surface area is 114 Å². The van der Waals surface area contributed by atoms with Crippen LogP contribution in [-0.2, 0) is 13.0 Å². The number of nitrogens with zero attached hydrogens (tertiary/aromatic N) is 1. The maximum atomic E-state index is 14.0. The molecule has 2 N–H and O–H groups in total. The van der Waals surface area contributed by atoms with Crippen molar-refractivity contribution in [1.82, 2.24) is 4.98 Å². The molecule has 2 rings (SSSR count). The number of aromatic nitrogens is 1. The van der Waals surface area contributed by atoms with E-state index in [0.717, 1.165) is 26.9 Å². The minimum Gasteiger partial charge on any atom is -0.326 e. The molecule has 0 radical (unpaired) electrons. The lowest BCUT2D eigenvalue weighted by molar-refractivity contribution is 0.628. The van der Waals surface area contributed by atoms with Gasteiger partial charge in [-0.3, -0.25) is 0 Å². The SMILES string of the molecule is CCc1nc(-c2c(F)cccc2SC)sc1CN. The summed E-state index contributed by atoms with van der Waals surface area (Å²) in [6, 6.07) is 5.12. The summed E-state index contributed by atoms with van der Waals surface area (Å²) < 4.78 is 14.0. The third kappa shape index (κ3) is 2.43. The Balaban J connectivity index is 2.58. The van der Waals surface area contributed by atoms with Gasteiger partial charge in [-0.25, -0.2) is 9.37 Å². The number of benzene rings is 1. The zero-order chi connectivity index (χ0) is 13.1. The lowest BCUT2D eigenvalue weighted by Gasteiger charge is -2.05. The predicted octanol–water partition coefficient (Wildman–Crippen LogP) is 3.69. The first-order valence-electron chi connectivity index (χ1n) is 5.72.